The third-order valence-corrected chi connectivity index (χ3v) is 4.06. The lowest BCUT2D eigenvalue weighted by molar-refractivity contribution is -0.120. The molecule has 1 aromatic rings. The second-order valence-corrected chi connectivity index (χ2v) is 6.06. The summed E-state index contributed by atoms with van der Waals surface area (Å²) in [4.78, 5) is 12.2. The predicted octanol–water partition coefficient (Wildman–Crippen LogP) is 3.21. The van der Waals surface area contributed by atoms with Gasteiger partial charge in [-0.2, -0.15) is 0 Å². The zero-order chi connectivity index (χ0) is 14.0. The number of hydrogen-bond acceptors (Lipinski definition) is 3. The quantitative estimate of drug-likeness (QED) is 0.707. The molecule has 1 aliphatic rings. The molecule has 0 aliphatic carbocycles. The lowest BCUT2D eigenvalue weighted by Crippen LogP contribution is -2.40. The molecular weight excluding hydrogens is 344 g/mol. The van der Waals surface area contributed by atoms with E-state index in [1.54, 1.807) is 6.07 Å². The van der Waals surface area contributed by atoms with Crippen molar-refractivity contribution in [1.29, 1.82) is 0 Å². The molecule has 112 valence electrons. The van der Waals surface area contributed by atoms with Gasteiger partial charge in [0.15, 0.2) is 5.75 Å². The van der Waals surface area contributed by atoms with Gasteiger partial charge < -0.3 is 15.7 Å². The maximum Gasteiger partial charge on any atom is 0.227 e. The van der Waals surface area contributed by atoms with E-state index < -0.39 is 0 Å². The maximum absolute atomic E-state index is 12.2. The minimum Gasteiger partial charge on any atom is -0.505 e. The van der Waals surface area contributed by atoms with Crippen LogP contribution >= 0.6 is 28.3 Å². The molecular formula is C14H20BrClN2O2. The van der Waals surface area contributed by atoms with Crippen molar-refractivity contribution in [2.75, 3.05) is 11.9 Å². The Bertz CT molecular complexity index is 496. The summed E-state index contributed by atoms with van der Waals surface area (Å²) in [6, 6.07) is 3.96. The third kappa shape index (κ3) is 4.11. The van der Waals surface area contributed by atoms with Crippen molar-refractivity contribution in [3.63, 3.8) is 0 Å². The van der Waals surface area contributed by atoms with Gasteiger partial charge in [-0.1, -0.05) is 0 Å². The molecule has 0 radical (unpaired) electrons. The molecule has 1 saturated heterocycles. The van der Waals surface area contributed by atoms with Crippen LogP contribution in [0.5, 0.6) is 5.75 Å². The summed E-state index contributed by atoms with van der Waals surface area (Å²) < 4.78 is 0.599. The number of aryl methyl sites for hydroxylation is 1. The van der Waals surface area contributed by atoms with Gasteiger partial charge in [0.25, 0.3) is 0 Å². The van der Waals surface area contributed by atoms with Crippen LogP contribution in [0.4, 0.5) is 5.69 Å². The fraction of sp³-hybridized carbons (Fsp3) is 0.500. The molecule has 0 spiro atoms. The minimum absolute atomic E-state index is 0. The van der Waals surface area contributed by atoms with Crippen LogP contribution in [0.1, 0.15) is 25.3 Å². The first-order valence-electron chi connectivity index (χ1n) is 6.50. The Hall–Kier alpha value is -0.780. The Balaban J connectivity index is 0.00000200. The number of carbonyl (C=O) groups excluding carboxylic acids is 1. The standard InChI is InChI=1S/C14H19BrN2O2.ClH/c1-8-5-11(15)13(18)12(6-8)17-14(19)10-3-4-16-9(2)7-10;/h5-6,9-10,16,18H,3-4,7H2,1-2H3,(H,17,19);1H/t9-,10-;/m0./s1. The summed E-state index contributed by atoms with van der Waals surface area (Å²) in [7, 11) is 0. The number of halogens is 2. The first-order valence-corrected chi connectivity index (χ1v) is 7.30. The Labute approximate surface area is 133 Å². The summed E-state index contributed by atoms with van der Waals surface area (Å²) in [6.07, 6.45) is 1.67. The number of aromatic hydroxyl groups is 1. The normalized spacial score (nSPS) is 21.9. The number of hydrogen-bond donors (Lipinski definition) is 3. The van der Waals surface area contributed by atoms with E-state index in [0.717, 1.165) is 24.9 Å². The highest BCUT2D eigenvalue weighted by Crippen LogP contribution is 2.34. The van der Waals surface area contributed by atoms with Gasteiger partial charge >= 0.3 is 0 Å². The molecule has 1 heterocycles. The van der Waals surface area contributed by atoms with Crippen molar-refractivity contribution in [3.05, 3.63) is 22.2 Å². The highest BCUT2D eigenvalue weighted by molar-refractivity contribution is 9.10. The number of rotatable bonds is 2. The Morgan fingerprint density at radius 3 is 2.85 bits per heavy atom. The van der Waals surface area contributed by atoms with Gasteiger partial charge in [0.05, 0.1) is 10.2 Å². The second kappa shape index (κ2) is 7.29. The van der Waals surface area contributed by atoms with Crippen LogP contribution < -0.4 is 10.6 Å². The Morgan fingerprint density at radius 1 is 1.50 bits per heavy atom. The summed E-state index contributed by atoms with van der Waals surface area (Å²) in [5, 5.41) is 16.1. The molecule has 4 nitrogen and oxygen atoms in total. The van der Waals surface area contributed by atoms with Crippen LogP contribution in [-0.2, 0) is 4.79 Å². The van der Waals surface area contributed by atoms with Gasteiger partial charge in [-0.15, -0.1) is 12.4 Å². The molecule has 2 rings (SSSR count). The molecule has 1 amide bonds. The summed E-state index contributed by atoms with van der Waals surface area (Å²) in [5.74, 6) is 0.0806. The number of nitrogens with one attached hydrogen (secondary N) is 2. The first kappa shape index (κ1) is 17.3. The van der Waals surface area contributed by atoms with E-state index >= 15 is 0 Å². The van der Waals surface area contributed by atoms with Gasteiger partial charge in [0, 0.05) is 12.0 Å². The van der Waals surface area contributed by atoms with Crippen molar-refractivity contribution in [3.8, 4) is 5.75 Å². The Morgan fingerprint density at radius 2 is 2.20 bits per heavy atom. The second-order valence-electron chi connectivity index (χ2n) is 5.21. The average molecular weight is 364 g/mol. The number of amides is 1. The monoisotopic (exact) mass is 362 g/mol. The fourth-order valence-electron chi connectivity index (χ4n) is 2.43. The molecule has 1 aliphatic heterocycles. The van der Waals surface area contributed by atoms with E-state index in [1.165, 1.54) is 0 Å². The largest absolute Gasteiger partial charge is 0.505 e. The first-order chi connectivity index (χ1) is 8.97. The minimum atomic E-state index is -0.0128. The Kier molecular flexibility index (Phi) is 6.30. The van der Waals surface area contributed by atoms with Crippen LogP contribution in [0.3, 0.4) is 0 Å². The summed E-state index contributed by atoms with van der Waals surface area (Å²) >= 11 is 3.28. The van der Waals surface area contributed by atoms with Crippen molar-refractivity contribution in [2.24, 2.45) is 5.92 Å². The third-order valence-electron chi connectivity index (χ3n) is 3.46. The highest BCUT2D eigenvalue weighted by atomic mass is 79.9. The van der Waals surface area contributed by atoms with E-state index in [-0.39, 0.29) is 30.0 Å². The number of benzene rings is 1. The van der Waals surface area contributed by atoms with Crippen LogP contribution in [0.25, 0.3) is 0 Å². The molecule has 1 fully saturated rings. The van der Waals surface area contributed by atoms with Crippen molar-refractivity contribution >= 4 is 39.9 Å². The number of piperidine rings is 1. The maximum atomic E-state index is 12.2. The van der Waals surface area contributed by atoms with Gasteiger partial charge in [-0.3, -0.25) is 4.79 Å². The SMILES string of the molecule is Cc1cc(Br)c(O)c(NC(=O)[C@H]2CCN[C@@H](C)C2)c1.Cl. The molecule has 20 heavy (non-hydrogen) atoms. The smallest absolute Gasteiger partial charge is 0.227 e. The molecule has 3 N–H and O–H groups in total. The van der Waals surface area contributed by atoms with Crippen molar-refractivity contribution in [1.82, 2.24) is 5.32 Å². The highest BCUT2D eigenvalue weighted by Gasteiger charge is 2.25. The molecule has 0 saturated carbocycles. The molecule has 0 unspecified atom stereocenters. The van der Waals surface area contributed by atoms with Crippen molar-refractivity contribution in [2.45, 2.75) is 32.7 Å². The number of carbonyl (C=O) groups is 1. The number of anilines is 1. The zero-order valence-corrected chi connectivity index (χ0v) is 14.0. The lowest BCUT2D eigenvalue weighted by Gasteiger charge is -2.27. The fourth-order valence-corrected chi connectivity index (χ4v) is 3.01. The number of phenolic OH excluding ortho intramolecular Hbond substituents is 1. The van der Waals surface area contributed by atoms with Gasteiger partial charge in [0.1, 0.15) is 0 Å². The van der Waals surface area contributed by atoms with E-state index in [0.29, 0.717) is 16.2 Å². The molecule has 0 bridgehead atoms. The molecule has 1 aromatic carbocycles. The molecule has 2 atom stereocenters. The van der Waals surface area contributed by atoms with Gasteiger partial charge in [-0.25, -0.2) is 0 Å². The summed E-state index contributed by atoms with van der Waals surface area (Å²) in [6.45, 7) is 4.87. The molecule has 0 aromatic heterocycles. The van der Waals surface area contributed by atoms with E-state index in [9.17, 15) is 9.90 Å². The van der Waals surface area contributed by atoms with E-state index in [4.69, 9.17) is 0 Å². The van der Waals surface area contributed by atoms with Gasteiger partial charge in [-0.05, 0) is 66.9 Å². The van der Waals surface area contributed by atoms with Crippen molar-refractivity contribution < 1.29 is 9.90 Å². The van der Waals surface area contributed by atoms with Crippen LogP contribution in [0.15, 0.2) is 16.6 Å². The predicted molar refractivity (Wildman–Crippen MR) is 86.6 cm³/mol. The van der Waals surface area contributed by atoms with Crippen LogP contribution in [0.2, 0.25) is 0 Å². The van der Waals surface area contributed by atoms with E-state index in [1.807, 2.05) is 13.0 Å². The van der Waals surface area contributed by atoms with Crippen LogP contribution in [-0.4, -0.2) is 23.6 Å². The zero-order valence-electron chi connectivity index (χ0n) is 11.6. The summed E-state index contributed by atoms with van der Waals surface area (Å²) in [5.41, 5.74) is 1.46. The van der Waals surface area contributed by atoms with Gasteiger partial charge in [0.2, 0.25) is 5.91 Å². The average Bonchev–Trinajstić information content (AvgIpc) is 2.35. The van der Waals surface area contributed by atoms with Crippen LogP contribution in [0, 0.1) is 12.8 Å². The molecule has 6 heteroatoms. The number of phenols is 1. The topological polar surface area (TPSA) is 61.4 Å². The van der Waals surface area contributed by atoms with E-state index in [2.05, 4.69) is 33.5 Å². The lowest BCUT2D eigenvalue weighted by atomic mass is 9.92.